The number of rotatable bonds is 4. The number of hydrogen-bond acceptors (Lipinski definition) is 5. The molecule has 1 fully saturated rings. The van der Waals surface area contributed by atoms with Gasteiger partial charge in [-0.15, -0.1) is 0 Å². The fourth-order valence-corrected chi connectivity index (χ4v) is 2.02. The number of ether oxygens (including phenoxy) is 3. The summed E-state index contributed by atoms with van der Waals surface area (Å²) < 4.78 is 15.7. The molecule has 1 N–H and O–H groups in total. The maximum absolute atomic E-state index is 11.9. The van der Waals surface area contributed by atoms with E-state index in [4.69, 9.17) is 14.2 Å². The summed E-state index contributed by atoms with van der Waals surface area (Å²) in [6.45, 7) is -0.0486. The molecule has 0 unspecified atom stereocenters. The summed E-state index contributed by atoms with van der Waals surface area (Å²) in [5.74, 6) is 0.895. The van der Waals surface area contributed by atoms with Crippen LogP contribution in [0.3, 0.4) is 0 Å². The maximum Gasteiger partial charge on any atom is 0.246 e. The molecule has 0 aromatic heterocycles. The molecule has 1 saturated heterocycles. The maximum atomic E-state index is 11.9. The lowest BCUT2D eigenvalue weighted by molar-refractivity contribution is -0.128. The van der Waals surface area contributed by atoms with Crippen molar-refractivity contribution < 1.29 is 23.8 Å². The van der Waals surface area contributed by atoms with Crippen molar-refractivity contribution in [2.24, 2.45) is 0 Å². The second kappa shape index (κ2) is 5.68. The summed E-state index contributed by atoms with van der Waals surface area (Å²) in [5, 5.41) is 2.49. The van der Waals surface area contributed by atoms with Gasteiger partial charge >= 0.3 is 0 Å². The molecule has 0 aliphatic carbocycles. The van der Waals surface area contributed by atoms with Gasteiger partial charge in [0.1, 0.15) is 6.54 Å². The Kier molecular flexibility index (Phi) is 3.97. The number of carbonyl (C=O) groups is 2. The second-order valence-corrected chi connectivity index (χ2v) is 4.14. The van der Waals surface area contributed by atoms with Crippen LogP contribution in [0.2, 0.25) is 0 Å². The highest BCUT2D eigenvalue weighted by Gasteiger charge is 2.26. The van der Waals surface area contributed by atoms with Crippen LogP contribution in [0.1, 0.15) is 0 Å². The Balaban J connectivity index is 2.46. The second-order valence-electron chi connectivity index (χ2n) is 4.14. The molecule has 7 heteroatoms. The first-order valence-corrected chi connectivity index (χ1v) is 5.97. The van der Waals surface area contributed by atoms with Gasteiger partial charge in [0, 0.05) is 12.1 Å². The zero-order chi connectivity index (χ0) is 14.7. The van der Waals surface area contributed by atoms with Crippen LogP contribution in [0, 0.1) is 0 Å². The molecule has 7 nitrogen and oxygen atoms in total. The molecule has 1 heterocycles. The summed E-state index contributed by atoms with van der Waals surface area (Å²) in [5.41, 5.74) is 0.527. The van der Waals surface area contributed by atoms with E-state index in [0.717, 1.165) is 0 Å². The average Bonchev–Trinajstić information content (AvgIpc) is 2.48. The van der Waals surface area contributed by atoms with Gasteiger partial charge in [0.05, 0.1) is 33.6 Å². The van der Waals surface area contributed by atoms with Crippen molar-refractivity contribution in [3.63, 3.8) is 0 Å². The van der Waals surface area contributed by atoms with Crippen molar-refractivity contribution in [1.82, 2.24) is 5.32 Å². The molecule has 1 aromatic rings. The molecular formula is C13H16N2O5. The molecule has 0 bridgehead atoms. The van der Waals surface area contributed by atoms with Gasteiger partial charge in [0.25, 0.3) is 0 Å². The molecule has 0 radical (unpaired) electrons. The van der Waals surface area contributed by atoms with Crippen LogP contribution in [0.25, 0.3) is 0 Å². The highest BCUT2D eigenvalue weighted by Crippen LogP contribution is 2.41. The van der Waals surface area contributed by atoms with E-state index < -0.39 is 0 Å². The van der Waals surface area contributed by atoms with Gasteiger partial charge in [-0.2, -0.15) is 0 Å². The van der Waals surface area contributed by atoms with Gasteiger partial charge in [-0.05, 0) is 0 Å². The molecule has 108 valence electrons. The highest BCUT2D eigenvalue weighted by atomic mass is 16.5. The third-order valence-corrected chi connectivity index (χ3v) is 3.00. The molecule has 1 aromatic carbocycles. The van der Waals surface area contributed by atoms with Gasteiger partial charge in [0.2, 0.25) is 17.6 Å². The van der Waals surface area contributed by atoms with Crippen molar-refractivity contribution in [1.29, 1.82) is 0 Å². The predicted molar refractivity (Wildman–Crippen MR) is 71.5 cm³/mol. The van der Waals surface area contributed by atoms with Crippen LogP contribution < -0.4 is 24.4 Å². The Hall–Kier alpha value is -2.44. The highest BCUT2D eigenvalue weighted by molar-refractivity contribution is 6.04. The van der Waals surface area contributed by atoms with Gasteiger partial charge in [-0.25, -0.2) is 0 Å². The zero-order valence-electron chi connectivity index (χ0n) is 11.6. The van der Waals surface area contributed by atoms with E-state index in [0.29, 0.717) is 22.9 Å². The minimum absolute atomic E-state index is 0.0184. The Morgan fingerprint density at radius 1 is 1.05 bits per heavy atom. The lowest BCUT2D eigenvalue weighted by atomic mass is 10.2. The van der Waals surface area contributed by atoms with Crippen LogP contribution in [-0.2, 0) is 9.59 Å². The summed E-state index contributed by atoms with van der Waals surface area (Å²) in [4.78, 5) is 24.7. The first kappa shape index (κ1) is 14.0. The van der Waals surface area contributed by atoms with E-state index in [9.17, 15) is 9.59 Å². The van der Waals surface area contributed by atoms with Gasteiger partial charge in [-0.1, -0.05) is 0 Å². The Labute approximate surface area is 116 Å². The number of piperazine rings is 1. The van der Waals surface area contributed by atoms with Crippen molar-refractivity contribution in [3.8, 4) is 17.2 Å². The van der Waals surface area contributed by atoms with Crippen LogP contribution in [0.5, 0.6) is 17.2 Å². The number of hydrogen-bond donors (Lipinski definition) is 1. The molecule has 0 spiro atoms. The summed E-state index contributed by atoms with van der Waals surface area (Å²) in [6.07, 6.45) is 0. The number of carbonyl (C=O) groups excluding carboxylic acids is 2. The van der Waals surface area contributed by atoms with Crippen LogP contribution in [0.15, 0.2) is 12.1 Å². The molecule has 1 aliphatic heterocycles. The van der Waals surface area contributed by atoms with E-state index in [-0.39, 0.29) is 24.9 Å². The summed E-state index contributed by atoms with van der Waals surface area (Å²) in [7, 11) is 4.48. The first-order valence-electron chi connectivity index (χ1n) is 5.97. The number of methoxy groups -OCH3 is 3. The summed E-state index contributed by atoms with van der Waals surface area (Å²) >= 11 is 0. The largest absolute Gasteiger partial charge is 0.493 e. The van der Waals surface area contributed by atoms with Crippen molar-refractivity contribution in [2.45, 2.75) is 0 Å². The van der Waals surface area contributed by atoms with Gasteiger partial charge in [-0.3, -0.25) is 9.59 Å². The molecule has 2 rings (SSSR count). The van der Waals surface area contributed by atoms with Crippen LogP contribution >= 0.6 is 0 Å². The lowest BCUT2D eigenvalue weighted by Crippen LogP contribution is -2.51. The average molecular weight is 280 g/mol. The fraction of sp³-hybridized carbons (Fsp3) is 0.385. The third kappa shape index (κ3) is 2.47. The standard InChI is InChI=1S/C13H16N2O5/c1-18-9-4-8(5-10(19-2)13(9)20-3)15-7-11(16)14-6-12(15)17/h4-5H,6-7H2,1-3H3,(H,14,16). The molecule has 0 saturated carbocycles. The normalized spacial score (nSPS) is 14.8. The fourth-order valence-electron chi connectivity index (χ4n) is 2.02. The first-order chi connectivity index (χ1) is 9.60. The topological polar surface area (TPSA) is 77.1 Å². The molecule has 2 amide bonds. The number of benzene rings is 1. The Morgan fingerprint density at radius 2 is 1.65 bits per heavy atom. The van der Waals surface area contributed by atoms with E-state index in [2.05, 4.69) is 5.32 Å². The monoisotopic (exact) mass is 280 g/mol. The third-order valence-electron chi connectivity index (χ3n) is 3.00. The molecule has 1 aliphatic rings. The van der Waals surface area contributed by atoms with E-state index in [1.54, 1.807) is 12.1 Å². The minimum atomic E-state index is -0.210. The lowest BCUT2D eigenvalue weighted by Gasteiger charge is -2.27. The smallest absolute Gasteiger partial charge is 0.246 e. The molecule has 20 heavy (non-hydrogen) atoms. The quantitative estimate of drug-likeness (QED) is 0.851. The number of nitrogens with zero attached hydrogens (tertiary/aromatic N) is 1. The molecule has 0 atom stereocenters. The minimum Gasteiger partial charge on any atom is -0.493 e. The predicted octanol–water partition coefficient (Wildman–Crippen LogP) is 0.175. The zero-order valence-corrected chi connectivity index (χ0v) is 11.6. The Bertz CT molecular complexity index is 519. The van der Waals surface area contributed by atoms with E-state index in [1.165, 1.54) is 26.2 Å². The Morgan fingerprint density at radius 3 is 2.15 bits per heavy atom. The number of anilines is 1. The van der Waals surface area contributed by atoms with Crippen molar-refractivity contribution >= 4 is 17.5 Å². The van der Waals surface area contributed by atoms with E-state index >= 15 is 0 Å². The molecular weight excluding hydrogens is 264 g/mol. The van der Waals surface area contributed by atoms with Crippen LogP contribution in [0.4, 0.5) is 5.69 Å². The number of amides is 2. The van der Waals surface area contributed by atoms with Gasteiger partial charge in [0.15, 0.2) is 11.5 Å². The van der Waals surface area contributed by atoms with E-state index in [1.807, 2.05) is 0 Å². The van der Waals surface area contributed by atoms with Crippen molar-refractivity contribution in [2.75, 3.05) is 39.3 Å². The van der Waals surface area contributed by atoms with Crippen LogP contribution in [-0.4, -0.2) is 46.2 Å². The SMILES string of the molecule is COc1cc(N2CC(=O)NCC2=O)cc(OC)c1OC. The van der Waals surface area contributed by atoms with Crippen molar-refractivity contribution in [3.05, 3.63) is 12.1 Å². The van der Waals surface area contributed by atoms with Gasteiger partial charge < -0.3 is 24.4 Å². The number of nitrogens with one attached hydrogen (secondary N) is 1. The summed E-state index contributed by atoms with van der Waals surface area (Å²) in [6, 6.07) is 3.27.